The fraction of sp³-hybridized carbons (Fsp3) is 0.368. The first-order chi connectivity index (χ1) is 12.2. The summed E-state index contributed by atoms with van der Waals surface area (Å²) >= 11 is 0. The van der Waals surface area contributed by atoms with Gasteiger partial charge in [0.2, 0.25) is 5.91 Å². The maximum absolute atomic E-state index is 12.9. The van der Waals surface area contributed by atoms with Gasteiger partial charge in [0.15, 0.2) is 0 Å². The highest BCUT2D eigenvalue weighted by atomic mass is 16.5. The molecule has 1 N–H and O–H groups in total. The van der Waals surface area contributed by atoms with Crippen molar-refractivity contribution in [2.75, 3.05) is 20.3 Å². The molecule has 1 atom stereocenters. The van der Waals surface area contributed by atoms with Gasteiger partial charge in [-0.15, -0.1) is 0 Å². The van der Waals surface area contributed by atoms with Crippen molar-refractivity contribution < 1.29 is 14.3 Å². The third-order valence-electron chi connectivity index (χ3n) is 4.42. The molecule has 3 rings (SSSR count). The van der Waals surface area contributed by atoms with Crippen molar-refractivity contribution in [1.29, 1.82) is 0 Å². The molecule has 6 heteroatoms. The maximum Gasteiger partial charge on any atom is 0.271 e. The second-order valence-electron chi connectivity index (χ2n) is 6.17. The Labute approximate surface area is 147 Å². The lowest BCUT2D eigenvalue weighted by atomic mass is 10.1. The largest absolute Gasteiger partial charge is 0.384 e. The van der Waals surface area contributed by atoms with Crippen LogP contribution in [0, 0.1) is 0 Å². The molecule has 0 radical (unpaired) electrons. The zero-order valence-corrected chi connectivity index (χ0v) is 14.4. The molecule has 1 aromatic heterocycles. The van der Waals surface area contributed by atoms with Crippen molar-refractivity contribution in [2.24, 2.45) is 0 Å². The summed E-state index contributed by atoms with van der Waals surface area (Å²) in [5.74, 6) is -0.0662. The normalized spacial score (nSPS) is 16.6. The van der Waals surface area contributed by atoms with Gasteiger partial charge in [0.25, 0.3) is 5.91 Å². The highest BCUT2D eigenvalue weighted by Gasteiger charge is 2.32. The summed E-state index contributed by atoms with van der Waals surface area (Å²) in [6.45, 7) is 2.03. The molecule has 2 heterocycles. The predicted octanol–water partition coefficient (Wildman–Crippen LogP) is 1.67. The lowest BCUT2D eigenvalue weighted by molar-refractivity contribution is -0.122. The third-order valence-corrected chi connectivity index (χ3v) is 4.42. The molecular formula is C19H23N3O3. The molecule has 0 spiro atoms. The average Bonchev–Trinajstić information content (AvgIpc) is 3.10. The van der Waals surface area contributed by atoms with E-state index in [0.717, 1.165) is 5.56 Å². The number of rotatable bonds is 7. The first-order valence-electron chi connectivity index (χ1n) is 8.44. The molecule has 0 fully saturated rings. The smallest absolute Gasteiger partial charge is 0.271 e. The molecule has 0 bridgehead atoms. The summed E-state index contributed by atoms with van der Waals surface area (Å²) in [6, 6.07) is 13.5. The lowest BCUT2D eigenvalue weighted by Crippen LogP contribution is -2.52. The van der Waals surface area contributed by atoms with Crippen LogP contribution < -0.4 is 5.32 Å². The fourth-order valence-corrected chi connectivity index (χ4v) is 3.08. The first kappa shape index (κ1) is 17.2. The Morgan fingerprint density at radius 3 is 2.80 bits per heavy atom. The molecule has 0 aliphatic carbocycles. The number of nitrogens with one attached hydrogen (secondary N) is 1. The summed E-state index contributed by atoms with van der Waals surface area (Å²) in [7, 11) is 1.57. The molecule has 25 heavy (non-hydrogen) atoms. The van der Waals surface area contributed by atoms with Gasteiger partial charge in [-0.3, -0.25) is 9.59 Å². The van der Waals surface area contributed by atoms with Gasteiger partial charge in [0.05, 0.1) is 12.6 Å². The Morgan fingerprint density at radius 2 is 2.04 bits per heavy atom. The number of aromatic nitrogens is 1. The molecule has 2 aromatic rings. The van der Waals surface area contributed by atoms with Gasteiger partial charge in [-0.05, 0) is 17.7 Å². The molecular weight excluding hydrogens is 318 g/mol. The molecule has 2 amide bonds. The Bertz CT molecular complexity index is 727. The van der Waals surface area contributed by atoms with Gasteiger partial charge in [-0.1, -0.05) is 30.3 Å². The van der Waals surface area contributed by atoms with E-state index in [1.165, 1.54) is 0 Å². The summed E-state index contributed by atoms with van der Waals surface area (Å²) < 4.78 is 6.88. The van der Waals surface area contributed by atoms with E-state index in [1.54, 1.807) is 7.11 Å². The fourth-order valence-electron chi connectivity index (χ4n) is 3.08. The first-order valence-corrected chi connectivity index (χ1v) is 8.44. The maximum atomic E-state index is 12.9. The summed E-state index contributed by atoms with van der Waals surface area (Å²) in [5, 5.41) is 2.92. The van der Waals surface area contributed by atoms with E-state index in [4.69, 9.17) is 4.74 Å². The quantitative estimate of drug-likeness (QED) is 0.833. The molecule has 1 unspecified atom stereocenters. The van der Waals surface area contributed by atoms with Gasteiger partial charge in [-0.25, -0.2) is 0 Å². The number of hydrogen-bond acceptors (Lipinski definition) is 3. The minimum Gasteiger partial charge on any atom is -0.384 e. The number of carbonyl (C=O) groups is 2. The van der Waals surface area contributed by atoms with Crippen molar-refractivity contribution in [3.8, 4) is 0 Å². The van der Waals surface area contributed by atoms with Crippen molar-refractivity contribution in [1.82, 2.24) is 14.8 Å². The van der Waals surface area contributed by atoms with Gasteiger partial charge in [0.1, 0.15) is 5.69 Å². The van der Waals surface area contributed by atoms with Gasteiger partial charge in [-0.2, -0.15) is 0 Å². The SMILES string of the molecule is COCCC(=O)NCC1Cn2cccc2C(=O)N1Cc1ccccc1. The Morgan fingerprint density at radius 1 is 1.24 bits per heavy atom. The van der Waals surface area contributed by atoms with Crippen LogP contribution >= 0.6 is 0 Å². The molecule has 0 saturated heterocycles. The van der Waals surface area contributed by atoms with E-state index < -0.39 is 0 Å². The van der Waals surface area contributed by atoms with Crippen molar-refractivity contribution in [2.45, 2.75) is 25.6 Å². The van der Waals surface area contributed by atoms with Gasteiger partial charge in [0, 0.05) is 39.4 Å². The Balaban J connectivity index is 1.73. The van der Waals surface area contributed by atoms with Gasteiger partial charge >= 0.3 is 0 Å². The summed E-state index contributed by atoms with van der Waals surface area (Å²) in [5.41, 5.74) is 1.77. The Kier molecular flexibility index (Phi) is 5.50. The molecule has 0 saturated carbocycles. The van der Waals surface area contributed by atoms with E-state index in [0.29, 0.717) is 38.4 Å². The predicted molar refractivity (Wildman–Crippen MR) is 94.0 cm³/mol. The zero-order valence-electron chi connectivity index (χ0n) is 14.4. The topological polar surface area (TPSA) is 63.6 Å². The second-order valence-corrected chi connectivity index (χ2v) is 6.17. The third kappa shape index (κ3) is 4.09. The van der Waals surface area contributed by atoms with Crippen LogP contribution in [0.3, 0.4) is 0 Å². The summed E-state index contributed by atoms with van der Waals surface area (Å²) in [4.78, 5) is 26.6. The number of amides is 2. The van der Waals surface area contributed by atoms with Crippen LogP contribution in [-0.4, -0.2) is 47.6 Å². The van der Waals surface area contributed by atoms with E-state index in [1.807, 2.05) is 58.1 Å². The highest BCUT2D eigenvalue weighted by Crippen LogP contribution is 2.20. The van der Waals surface area contributed by atoms with Crippen LogP contribution in [0.1, 0.15) is 22.5 Å². The summed E-state index contributed by atoms with van der Waals surface area (Å²) in [6.07, 6.45) is 2.23. The van der Waals surface area contributed by atoms with Crippen LogP contribution in [-0.2, 0) is 22.6 Å². The number of fused-ring (bicyclic) bond motifs is 1. The van der Waals surface area contributed by atoms with E-state index >= 15 is 0 Å². The van der Waals surface area contributed by atoms with Crippen LogP contribution in [0.4, 0.5) is 0 Å². The average molecular weight is 341 g/mol. The standard InChI is InChI=1S/C19H23N3O3/c1-25-11-9-18(23)20-12-16-14-21-10-5-8-17(21)19(24)22(16)13-15-6-3-2-4-7-15/h2-8,10,16H,9,11-14H2,1H3,(H,20,23). The van der Waals surface area contributed by atoms with Crippen LogP contribution in [0.2, 0.25) is 0 Å². The van der Waals surface area contributed by atoms with E-state index in [-0.39, 0.29) is 17.9 Å². The molecule has 6 nitrogen and oxygen atoms in total. The van der Waals surface area contributed by atoms with Gasteiger partial charge < -0.3 is 19.5 Å². The monoisotopic (exact) mass is 341 g/mol. The van der Waals surface area contributed by atoms with Crippen molar-refractivity contribution in [3.05, 3.63) is 59.9 Å². The zero-order chi connectivity index (χ0) is 17.6. The second kappa shape index (κ2) is 7.98. The van der Waals surface area contributed by atoms with Crippen LogP contribution in [0.25, 0.3) is 0 Å². The number of carbonyl (C=O) groups excluding carboxylic acids is 2. The number of benzene rings is 1. The minimum atomic E-state index is -0.0842. The molecule has 1 aliphatic rings. The lowest BCUT2D eigenvalue weighted by Gasteiger charge is -2.37. The number of hydrogen-bond donors (Lipinski definition) is 1. The van der Waals surface area contributed by atoms with E-state index in [9.17, 15) is 9.59 Å². The van der Waals surface area contributed by atoms with E-state index in [2.05, 4.69) is 5.32 Å². The Hall–Kier alpha value is -2.60. The minimum absolute atomic E-state index is 0.00348. The number of ether oxygens (including phenoxy) is 1. The molecule has 132 valence electrons. The van der Waals surface area contributed by atoms with Crippen LogP contribution in [0.15, 0.2) is 48.7 Å². The van der Waals surface area contributed by atoms with Crippen molar-refractivity contribution >= 4 is 11.8 Å². The van der Waals surface area contributed by atoms with Crippen LogP contribution in [0.5, 0.6) is 0 Å². The van der Waals surface area contributed by atoms with Crippen molar-refractivity contribution in [3.63, 3.8) is 0 Å². The molecule has 1 aromatic carbocycles. The number of nitrogens with zero attached hydrogens (tertiary/aromatic N) is 2. The highest BCUT2D eigenvalue weighted by molar-refractivity contribution is 5.93. The number of methoxy groups -OCH3 is 1. The molecule has 1 aliphatic heterocycles.